The van der Waals surface area contributed by atoms with Gasteiger partial charge in [0.05, 0.1) is 10.5 Å². The standard InChI is InChI=1S/C13H15ClFNO3S/c1-13(6-2-3-7-13)16-12(17)10-5-4-9(8-11(10)15)20(14,18)19/h4-5,8H,2-3,6-7H2,1H3,(H,16,17). The summed E-state index contributed by atoms with van der Waals surface area (Å²) in [6.07, 6.45) is 3.77. The van der Waals surface area contributed by atoms with Gasteiger partial charge in [0.15, 0.2) is 0 Å². The van der Waals surface area contributed by atoms with E-state index in [-0.39, 0.29) is 16.0 Å². The Hall–Kier alpha value is -1.14. The molecule has 0 aromatic heterocycles. The highest BCUT2D eigenvalue weighted by Gasteiger charge is 2.31. The maximum absolute atomic E-state index is 13.8. The van der Waals surface area contributed by atoms with Crippen molar-refractivity contribution in [2.45, 2.75) is 43.0 Å². The van der Waals surface area contributed by atoms with E-state index in [0.717, 1.165) is 43.9 Å². The van der Waals surface area contributed by atoms with Gasteiger partial charge in [-0.2, -0.15) is 0 Å². The predicted molar refractivity (Wildman–Crippen MR) is 73.8 cm³/mol. The van der Waals surface area contributed by atoms with Crippen LogP contribution in [-0.2, 0) is 9.05 Å². The fraction of sp³-hybridized carbons (Fsp3) is 0.462. The van der Waals surface area contributed by atoms with Crippen molar-refractivity contribution in [2.75, 3.05) is 0 Å². The Kier molecular flexibility index (Phi) is 4.07. The van der Waals surface area contributed by atoms with E-state index < -0.39 is 20.8 Å². The van der Waals surface area contributed by atoms with Crippen molar-refractivity contribution in [3.8, 4) is 0 Å². The Morgan fingerprint density at radius 3 is 2.45 bits per heavy atom. The number of carbonyl (C=O) groups excluding carboxylic acids is 1. The third kappa shape index (κ3) is 3.30. The third-order valence-corrected chi connectivity index (χ3v) is 4.94. The number of hydrogen-bond donors (Lipinski definition) is 1. The lowest BCUT2D eigenvalue weighted by Crippen LogP contribution is -2.43. The van der Waals surface area contributed by atoms with Crippen molar-refractivity contribution in [2.24, 2.45) is 0 Å². The summed E-state index contributed by atoms with van der Waals surface area (Å²) in [4.78, 5) is 11.7. The summed E-state index contributed by atoms with van der Waals surface area (Å²) in [7, 11) is 1.13. The highest BCUT2D eigenvalue weighted by Crippen LogP contribution is 2.29. The van der Waals surface area contributed by atoms with Gasteiger partial charge in [-0.15, -0.1) is 0 Å². The molecule has 0 bridgehead atoms. The van der Waals surface area contributed by atoms with Crippen molar-refractivity contribution in [1.29, 1.82) is 0 Å². The van der Waals surface area contributed by atoms with E-state index in [1.165, 1.54) is 0 Å². The first-order chi connectivity index (χ1) is 9.21. The molecule has 7 heteroatoms. The number of carbonyl (C=O) groups is 1. The summed E-state index contributed by atoms with van der Waals surface area (Å²) in [5.74, 6) is -1.43. The van der Waals surface area contributed by atoms with Gasteiger partial charge < -0.3 is 5.32 Å². The molecule has 1 N–H and O–H groups in total. The third-order valence-electron chi connectivity index (χ3n) is 3.59. The molecule has 1 aromatic carbocycles. The van der Waals surface area contributed by atoms with Gasteiger partial charge in [0.25, 0.3) is 15.0 Å². The SMILES string of the molecule is CC1(NC(=O)c2ccc(S(=O)(=O)Cl)cc2F)CCCC1. The van der Waals surface area contributed by atoms with Crippen molar-refractivity contribution in [3.05, 3.63) is 29.6 Å². The number of hydrogen-bond acceptors (Lipinski definition) is 3. The summed E-state index contributed by atoms with van der Waals surface area (Å²) >= 11 is 0. The zero-order valence-corrected chi connectivity index (χ0v) is 12.5. The zero-order valence-electron chi connectivity index (χ0n) is 10.9. The van der Waals surface area contributed by atoms with Crippen LogP contribution in [0.25, 0.3) is 0 Å². The Morgan fingerprint density at radius 1 is 1.35 bits per heavy atom. The average molecular weight is 320 g/mol. The van der Waals surface area contributed by atoms with Crippen LogP contribution in [0.3, 0.4) is 0 Å². The van der Waals surface area contributed by atoms with Gasteiger partial charge in [0.2, 0.25) is 0 Å². The van der Waals surface area contributed by atoms with Crippen LogP contribution in [0.4, 0.5) is 4.39 Å². The van der Waals surface area contributed by atoms with E-state index in [2.05, 4.69) is 5.32 Å². The highest BCUT2D eigenvalue weighted by molar-refractivity contribution is 8.13. The first-order valence-electron chi connectivity index (χ1n) is 6.28. The molecule has 1 saturated carbocycles. The molecule has 0 radical (unpaired) electrons. The van der Waals surface area contributed by atoms with Gasteiger partial charge in [-0.05, 0) is 38.0 Å². The molecule has 0 atom stereocenters. The molecule has 0 unspecified atom stereocenters. The normalized spacial score (nSPS) is 17.9. The Bertz CT molecular complexity index is 639. The van der Waals surface area contributed by atoms with Gasteiger partial charge in [-0.25, -0.2) is 12.8 Å². The van der Waals surface area contributed by atoms with E-state index in [4.69, 9.17) is 10.7 Å². The summed E-state index contributed by atoms with van der Waals surface area (Å²) in [6, 6.07) is 3.02. The molecule has 0 heterocycles. The molecule has 1 aromatic rings. The zero-order chi connectivity index (χ0) is 15.0. The van der Waals surface area contributed by atoms with Crippen LogP contribution in [0.15, 0.2) is 23.1 Å². The molecule has 1 fully saturated rings. The number of amides is 1. The fourth-order valence-electron chi connectivity index (χ4n) is 2.45. The van der Waals surface area contributed by atoms with Crippen LogP contribution in [0, 0.1) is 5.82 Å². The largest absolute Gasteiger partial charge is 0.347 e. The van der Waals surface area contributed by atoms with Gasteiger partial charge in [0, 0.05) is 16.2 Å². The maximum atomic E-state index is 13.8. The van der Waals surface area contributed by atoms with Crippen LogP contribution >= 0.6 is 10.7 Å². The highest BCUT2D eigenvalue weighted by atomic mass is 35.7. The van der Waals surface area contributed by atoms with E-state index in [9.17, 15) is 17.6 Å². The first kappa shape index (κ1) is 15.3. The number of nitrogens with one attached hydrogen (secondary N) is 1. The monoisotopic (exact) mass is 319 g/mol. The molecule has 0 aliphatic heterocycles. The van der Waals surface area contributed by atoms with Crippen molar-refractivity contribution in [1.82, 2.24) is 5.32 Å². The van der Waals surface area contributed by atoms with Crippen molar-refractivity contribution >= 4 is 25.6 Å². The molecule has 1 aliphatic carbocycles. The van der Waals surface area contributed by atoms with Crippen LogP contribution in [-0.4, -0.2) is 19.9 Å². The van der Waals surface area contributed by atoms with Crippen LogP contribution in [0.5, 0.6) is 0 Å². The molecule has 4 nitrogen and oxygen atoms in total. The molecular formula is C13H15ClFNO3S. The topological polar surface area (TPSA) is 63.2 Å². The van der Waals surface area contributed by atoms with E-state index >= 15 is 0 Å². The van der Waals surface area contributed by atoms with Crippen LogP contribution in [0.1, 0.15) is 43.0 Å². The van der Waals surface area contributed by atoms with Gasteiger partial charge in [0.1, 0.15) is 5.82 Å². The van der Waals surface area contributed by atoms with Crippen molar-refractivity contribution in [3.63, 3.8) is 0 Å². The van der Waals surface area contributed by atoms with Crippen LogP contribution < -0.4 is 5.32 Å². The first-order valence-corrected chi connectivity index (χ1v) is 8.59. The van der Waals surface area contributed by atoms with E-state index in [0.29, 0.717) is 0 Å². The van der Waals surface area contributed by atoms with Gasteiger partial charge in [-0.3, -0.25) is 4.79 Å². The van der Waals surface area contributed by atoms with Crippen molar-refractivity contribution < 1.29 is 17.6 Å². The second-order valence-corrected chi connectivity index (χ2v) is 7.87. The van der Waals surface area contributed by atoms with E-state index in [1.54, 1.807) is 0 Å². The lowest BCUT2D eigenvalue weighted by molar-refractivity contribution is 0.0904. The maximum Gasteiger partial charge on any atom is 0.261 e. The second-order valence-electron chi connectivity index (χ2n) is 5.30. The molecule has 2 rings (SSSR count). The smallest absolute Gasteiger partial charge is 0.261 e. The molecule has 1 aliphatic rings. The molecule has 110 valence electrons. The lowest BCUT2D eigenvalue weighted by atomic mass is 10.00. The van der Waals surface area contributed by atoms with Gasteiger partial charge in [-0.1, -0.05) is 12.8 Å². The predicted octanol–water partition coefficient (Wildman–Crippen LogP) is 2.82. The quantitative estimate of drug-likeness (QED) is 0.871. The Morgan fingerprint density at radius 2 is 1.95 bits per heavy atom. The number of benzene rings is 1. The van der Waals surface area contributed by atoms with E-state index in [1.807, 2.05) is 6.92 Å². The van der Waals surface area contributed by atoms with Crippen LogP contribution in [0.2, 0.25) is 0 Å². The summed E-state index contributed by atoms with van der Waals surface area (Å²) in [5.41, 5.74) is -0.497. The molecule has 1 amide bonds. The summed E-state index contributed by atoms with van der Waals surface area (Å²) in [6.45, 7) is 1.92. The minimum absolute atomic E-state index is 0.179. The summed E-state index contributed by atoms with van der Waals surface area (Å²) < 4.78 is 36.0. The minimum Gasteiger partial charge on any atom is -0.347 e. The fourth-order valence-corrected chi connectivity index (χ4v) is 3.22. The minimum atomic E-state index is -4.00. The summed E-state index contributed by atoms with van der Waals surface area (Å²) in [5, 5.41) is 2.81. The number of rotatable bonds is 3. The average Bonchev–Trinajstić information content (AvgIpc) is 2.74. The second kappa shape index (κ2) is 5.33. The molecule has 20 heavy (non-hydrogen) atoms. The molecule has 0 saturated heterocycles. The van der Waals surface area contributed by atoms with Gasteiger partial charge >= 0.3 is 0 Å². The number of halogens is 2. The Labute approximate surface area is 121 Å². The lowest BCUT2D eigenvalue weighted by Gasteiger charge is -2.25. The Balaban J connectivity index is 2.23. The molecule has 0 spiro atoms. The molecular weight excluding hydrogens is 305 g/mol.